The van der Waals surface area contributed by atoms with Crippen molar-refractivity contribution in [2.24, 2.45) is 0 Å². The molecule has 0 fully saturated rings. The molecule has 0 atom stereocenters. The van der Waals surface area contributed by atoms with Crippen LogP contribution in [0.5, 0.6) is 0 Å². The Kier molecular flexibility index (Phi) is 4.16. The van der Waals surface area contributed by atoms with E-state index in [1.54, 1.807) is 18.2 Å². The van der Waals surface area contributed by atoms with Crippen molar-refractivity contribution in [3.63, 3.8) is 0 Å². The average molecular weight is 387 g/mol. The summed E-state index contributed by atoms with van der Waals surface area (Å²) in [6.07, 6.45) is -0.632. The quantitative estimate of drug-likeness (QED) is 0.715. The molecule has 2 aromatic carbocycles. The highest BCUT2D eigenvalue weighted by atomic mass is 32.2. The highest BCUT2D eigenvalue weighted by Gasteiger charge is 2.28. The zero-order valence-electron chi connectivity index (χ0n) is 14.3. The smallest absolute Gasteiger partial charge is 0.407 e. The van der Waals surface area contributed by atoms with Gasteiger partial charge < -0.3 is 19.5 Å². The van der Waals surface area contributed by atoms with Gasteiger partial charge in [-0.1, -0.05) is 18.2 Å². The van der Waals surface area contributed by atoms with Crippen LogP contribution >= 0.6 is 0 Å². The van der Waals surface area contributed by atoms with E-state index in [4.69, 9.17) is 4.42 Å². The Balaban J connectivity index is 1.92. The van der Waals surface area contributed by atoms with Crippen molar-refractivity contribution < 1.29 is 27.8 Å². The van der Waals surface area contributed by atoms with Gasteiger partial charge >= 0.3 is 6.09 Å². The van der Waals surface area contributed by atoms with Crippen LogP contribution in [-0.4, -0.2) is 36.2 Å². The highest BCUT2D eigenvalue weighted by Crippen LogP contribution is 2.36. The van der Waals surface area contributed by atoms with Crippen molar-refractivity contribution in [2.45, 2.75) is 29.4 Å². The molecule has 8 heteroatoms. The zero-order chi connectivity index (χ0) is 19.2. The molecular formula is C19H17NO6S. The summed E-state index contributed by atoms with van der Waals surface area (Å²) in [5, 5.41) is 19.5. The molecule has 2 N–H and O–H groups in total. The van der Waals surface area contributed by atoms with Crippen LogP contribution < -0.4 is 0 Å². The van der Waals surface area contributed by atoms with E-state index in [2.05, 4.69) is 0 Å². The van der Waals surface area contributed by atoms with Crippen LogP contribution in [0.4, 0.5) is 4.79 Å². The number of aliphatic hydroxyl groups is 1. The standard InChI is InChI=1S/C19H17NO6S/c21-11-12-8-14(27(24,25)13-4-2-1-3-5-13)9-15-16-10-20(19(22)23)7-6-17(16)26-18(12)15/h1-5,8-9,21H,6-7,10-11H2,(H,22,23). The summed E-state index contributed by atoms with van der Waals surface area (Å²) < 4.78 is 31.8. The second-order valence-corrected chi connectivity index (χ2v) is 8.34. The molecule has 1 aliphatic heterocycles. The number of benzene rings is 2. The lowest BCUT2D eigenvalue weighted by Crippen LogP contribution is -2.34. The van der Waals surface area contributed by atoms with Crippen LogP contribution in [0.2, 0.25) is 0 Å². The van der Waals surface area contributed by atoms with E-state index >= 15 is 0 Å². The van der Waals surface area contributed by atoms with Crippen LogP contribution in [-0.2, 0) is 29.4 Å². The molecule has 1 amide bonds. The number of rotatable bonds is 3. The lowest BCUT2D eigenvalue weighted by Gasteiger charge is -2.23. The molecule has 4 rings (SSSR count). The summed E-state index contributed by atoms with van der Waals surface area (Å²) in [6, 6.07) is 10.9. The number of hydrogen-bond acceptors (Lipinski definition) is 5. The number of furan rings is 1. The predicted octanol–water partition coefficient (Wildman–Crippen LogP) is 2.79. The largest absolute Gasteiger partial charge is 0.465 e. The molecule has 0 saturated carbocycles. The van der Waals surface area contributed by atoms with Gasteiger partial charge in [-0.25, -0.2) is 13.2 Å². The fourth-order valence-corrected chi connectivity index (χ4v) is 4.75. The molecular weight excluding hydrogens is 370 g/mol. The molecule has 27 heavy (non-hydrogen) atoms. The first-order chi connectivity index (χ1) is 12.9. The Morgan fingerprint density at radius 3 is 2.56 bits per heavy atom. The minimum Gasteiger partial charge on any atom is -0.465 e. The van der Waals surface area contributed by atoms with E-state index in [9.17, 15) is 23.4 Å². The van der Waals surface area contributed by atoms with E-state index in [1.165, 1.54) is 29.2 Å². The van der Waals surface area contributed by atoms with Crippen LogP contribution in [0.3, 0.4) is 0 Å². The third kappa shape index (κ3) is 2.87. The van der Waals surface area contributed by atoms with Crippen LogP contribution in [0.15, 0.2) is 56.7 Å². The Hall–Kier alpha value is -2.84. The Morgan fingerprint density at radius 1 is 1.15 bits per heavy atom. The molecule has 2 heterocycles. The van der Waals surface area contributed by atoms with Gasteiger partial charge in [0.05, 0.1) is 22.9 Å². The molecule has 7 nitrogen and oxygen atoms in total. The molecule has 0 radical (unpaired) electrons. The van der Waals surface area contributed by atoms with E-state index < -0.39 is 15.9 Å². The predicted molar refractivity (Wildman–Crippen MR) is 96.2 cm³/mol. The SMILES string of the molecule is O=C(O)N1CCc2oc3c(CO)cc(S(=O)(=O)c4ccccc4)cc3c2C1. The van der Waals surface area contributed by atoms with E-state index in [0.29, 0.717) is 40.8 Å². The monoisotopic (exact) mass is 387 g/mol. The van der Waals surface area contributed by atoms with Gasteiger partial charge in [-0.2, -0.15) is 0 Å². The maximum Gasteiger partial charge on any atom is 0.407 e. The molecule has 0 saturated heterocycles. The van der Waals surface area contributed by atoms with Crippen LogP contribution in [0, 0.1) is 0 Å². The molecule has 3 aromatic rings. The van der Waals surface area contributed by atoms with E-state index in [-0.39, 0.29) is 22.9 Å². The van der Waals surface area contributed by atoms with Crippen molar-refractivity contribution in [3.05, 3.63) is 59.4 Å². The number of amides is 1. The van der Waals surface area contributed by atoms with Crippen molar-refractivity contribution in [3.8, 4) is 0 Å². The van der Waals surface area contributed by atoms with Gasteiger partial charge in [-0.3, -0.25) is 0 Å². The average Bonchev–Trinajstić information content (AvgIpc) is 3.05. The number of fused-ring (bicyclic) bond motifs is 3. The zero-order valence-corrected chi connectivity index (χ0v) is 15.1. The molecule has 1 aromatic heterocycles. The van der Waals surface area contributed by atoms with Gasteiger partial charge in [0.1, 0.15) is 11.3 Å². The third-order valence-electron chi connectivity index (χ3n) is 4.79. The van der Waals surface area contributed by atoms with E-state index in [1.807, 2.05) is 0 Å². The van der Waals surface area contributed by atoms with Crippen molar-refractivity contribution >= 4 is 26.9 Å². The minimum absolute atomic E-state index is 0.0429. The van der Waals surface area contributed by atoms with Crippen molar-refractivity contribution in [1.29, 1.82) is 0 Å². The van der Waals surface area contributed by atoms with Gasteiger partial charge in [0.2, 0.25) is 9.84 Å². The number of aliphatic hydroxyl groups excluding tert-OH is 1. The second-order valence-electron chi connectivity index (χ2n) is 6.39. The molecule has 0 spiro atoms. The number of nitrogens with zero attached hydrogens (tertiary/aromatic N) is 1. The first kappa shape index (κ1) is 17.6. The fraction of sp³-hybridized carbons (Fsp3) is 0.211. The van der Waals surface area contributed by atoms with Gasteiger partial charge in [0.15, 0.2) is 0 Å². The summed E-state index contributed by atoms with van der Waals surface area (Å²) >= 11 is 0. The third-order valence-corrected chi connectivity index (χ3v) is 6.54. The lowest BCUT2D eigenvalue weighted by molar-refractivity contribution is 0.138. The van der Waals surface area contributed by atoms with Crippen molar-refractivity contribution in [2.75, 3.05) is 6.54 Å². The highest BCUT2D eigenvalue weighted by molar-refractivity contribution is 7.91. The van der Waals surface area contributed by atoms with Crippen LogP contribution in [0.1, 0.15) is 16.9 Å². The first-order valence-corrected chi connectivity index (χ1v) is 9.86. The maximum atomic E-state index is 13.0. The maximum absolute atomic E-state index is 13.0. The molecule has 1 aliphatic rings. The number of sulfone groups is 1. The first-order valence-electron chi connectivity index (χ1n) is 8.38. The molecule has 0 unspecified atom stereocenters. The Labute approximate surface area is 155 Å². The summed E-state index contributed by atoms with van der Waals surface area (Å²) in [5.74, 6) is 0.631. The minimum atomic E-state index is -3.78. The van der Waals surface area contributed by atoms with Crippen molar-refractivity contribution in [1.82, 2.24) is 4.90 Å². The number of carboxylic acid groups (broad SMARTS) is 1. The number of hydrogen-bond donors (Lipinski definition) is 2. The Morgan fingerprint density at radius 2 is 1.89 bits per heavy atom. The van der Waals surface area contributed by atoms with Gasteiger partial charge in [0, 0.05) is 29.5 Å². The summed E-state index contributed by atoms with van der Waals surface area (Å²) in [4.78, 5) is 12.8. The number of carbonyl (C=O) groups is 1. The van der Waals surface area contributed by atoms with Gasteiger partial charge in [-0.05, 0) is 24.3 Å². The lowest BCUT2D eigenvalue weighted by atomic mass is 10.0. The topological polar surface area (TPSA) is 108 Å². The molecule has 140 valence electrons. The summed E-state index contributed by atoms with van der Waals surface area (Å²) in [5.41, 5.74) is 1.42. The van der Waals surface area contributed by atoms with Gasteiger partial charge in [-0.15, -0.1) is 0 Å². The van der Waals surface area contributed by atoms with Crippen LogP contribution in [0.25, 0.3) is 11.0 Å². The second kappa shape index (κ2) is 6.40. The molecule has 0 aliphatic carbocycles. The van der Waals surface area contributed by atoms with E-state index in [0.717, 1.165) is 0 Å². The fourth-order valence-electron chi connectivity index (χ4n) is 3.39. The summed E-state index contributed by atoms with van der Waals surface area (Å²) in [6.45, 7) is 0.0485. The van der Waals surface area contributed by atoms with Gasteiger partial charge in [0.25, 0.3) is 0 Å². The molecule has 0 bridgehead atoms. The summed E-state index contributed by atoms with van der Waals surface area (Å²) in [7, 11) is -3.78. The Bertz CT molecular complexity index is 1130. The normalized spacial score (nSPS) is 14.3.